The second-order valence-electron chi connectivity index (χ2n) is 3.52. The van der Waals surface area contributed by atoms with E-state index in [0.717, 1.165) is 23.8 Å². The summed E-state index contributed by atoms with van der Waals surface area (Å²) in [5, 5.41) is 0. The van der Waals surface area contributed by atoms with Gasteiger partial charge in [0.05, 0.1) is 18.1 Å². The van der Waals surface area contributed by atoms with E-state index in [1.165, 1.54) is 0 Å². The van der Waals surface area contributed by atoms with Crippen LogP contribution in [0, 0.1) is 6.92 Å². The fraction of sp³-hybridized carbons (Fsp3) is 0.333. The lowest BCUT2D eigenvalue weighted by Gasteiger charge is -2.08. The minimum Gasteiger partial charge on any atom is -0.486 e. The Hall–Kier alpha value is -1.84. The molecule has 0 saturated carbocycles. The number of rotatable bonds is 4. The summed E-state index contributed by atoms with van der Waals surface area (Å²) in [6.07, 6.45) is 5.29. The van der Waals surface area contributed by atoms with Crippen LogP contribution in [0.25, 0.3) is 0 Å². The lowest BCUT2D eigenvalue weighted by molar-refractivity contribution is 0.294. The molecule has 0 radical (unpaired) electrons. The molecule has 0 spiro atoms. The smallest absolute Gasteiger partial charge is 0.138 e. The molecular weight excluding hydrogens is 202 g/mol. The molecule has 2 heterocycles. The topological polar surface area (TPSA) is 39.9 Å². The summed E-state index contributed by atoms with van der Waals surface area (Å²) < 4.78 is 7.76. The molecule has 0 aliphatic rings. The van der Waals surface area contributed by atoms with E-state index in [4.69, 9.17) is 4.74 Å². The fourth-order valence-corrected chi connectivity index (χ4v) is 1.65. The van der Waals surface area contributed by atoms with Gasteiger partial charge in [-0.25, -0.2) is 4.98 Å². The lowest BCUT2D eigenvalue weighted by Crippen LogP contribution is -2.06. The van der Waals surface area contributed by atoms with Crippen molar-refractivity contribution < 1.29 is 4.74 Å². The summed E-state index contributed by atoms with van der Waals surface area (Å²) >= 11 is 0. The van der Waals surface area contributed by atoms with Gasteiger partial charge < -0.3 is 9.30 Å². The number of aromatic nitrogens is 3. The molecule has 2 rings (SSSR count). The van der Waals surface area contributed by atoms with Gasteiger partial charge in [-0.05, 0) is 26.0 Å². The van der Waals surface area contributed by atoms with Crippen LogP contribution < -0.4 is 4.74 Å². The average molecular weight is 217 g/mol. The van der Waals surface area contributed by atoms with Crippen LogP contribution in [0.2, 0.25) is 0 Å². The van der Waals surface area contributed by atoms with E-state index in [2.05, 4.69) is 21.5 Å². The van der Waals surface area contributed by atoms with Crippen molar-refractivity contribution in [3.05, 3.63) is 42.2 Å². The van der Waals surface area contributed by atoms with Crippen LogP contribution in [0.3, 0.4) is 0 Å². The number of nitrogens with zero attached hydrogens (tertiary/aromatic N) is 3. The zero-order valence-corrected chi connectivity index (χ0v) is 9.55. The summed E-state index contributed by atoms with van der Waals surface area (Å²) in [6.45, 7) is 5.54. The zero-order valence-electron chi connectivity index (χ0n) is 9.55. The first-order valence-corrected chi connectivity index (χ1v) is 5.35. The van der Waals surface area contributed by atoms with Crippen molar-refractivity contribution >= 4 is 0 Å². The summed E-state index contributed by atoms with van der Waals surface area (Å²) in [6, 6.07) is 3.75. The Morgan fingerprint density at radius 2 is 2.25 bits per heavy atom. The van der Waals surface area contributed by atoms with E-state index in [-0.39, 0.29) is 0 Å². The Bertz CT molecular complexity index is 451. The molecule has 0 unspecified atom stereocenters. The van der Waals surface area contributed by atoms with Gasteiger partial charge in [-0.1, -0.05) is 0 Å². The van der Waals surface area contributed by atoms with E-state index in [1.54, 1.807) is 12.4 Å². The maximum atomic E-state index is 5.62. The van der Waals surface area contributed by atoms with Crippen molar-refractivity contribution in [2.24, 2.45) is 0 Å². The Balaban J connectivity index is 2.05. The van der Waals surface area contributed by atoms with Crippen molar-refractivity contribution in [2.75, 3.05) is 0 Å². The fourth-order valence-electron chi connectivity index (χ4n) is 1.65. The first kappa shape index (κ1) is 10.7. The maximum absolute atomic E-state index is 5.62. The zero-order chi connectivity index (χ0) is 11.4. The van der Waals surface area contributed by atoms with Crippen molar-refractivity contribution in [3.8, 4) is 5.75 Å². The molecule has 0 bridgehead atoms. The number of ether oxygens (including phenoxy) is 1. The molecule has 0 fully saturated rings. The molecule has 2 aromatic rings. The van der Waals surface area contributed by atoms with Crippen LogP contribution in [-0.4, -0.2) is 14.5 Å². The van der Waals surface area contributed by atoms with E-state index < -0.39 is 0 Å². The van der Waals surface area contributed by atoms with Gasteiger partial charge in [-0.3, -0.25) is 4.98 Å². The van der Waals surface area contributed by atoms with E-state index in [1.807, 2.05) is 25.3 Å². The minimum atomic E-state index is 0.528. The van der Waals surface area contributed by atoms with Gasteiger partial charge in [0.1, 0.15) is 18.2 Å². The highest BCUT2D eigenvalue weighted by Gasteiger charge is 2.05. The molecular formula is C12H15N3O. The van der Waals surface area contributed by atoms with Crippen LogP contribution in [0.5, 0.6) is 5.75 Å². The van der Waals surface area contributed by atoms with Gasteiger partial charge in [0.15, 0.2) is 0 Å². The van der Waals surface area contributed by atoms with Gasteiger partial charge in [0.25, 0.3) is 0 Å². The Morgan fingerprint density at radius 1 is 1.38 bits per heavy atom. The normalized spacial score (nSPS) is 10.4. The van der Waals surface area contributed by atoms with Gasteiger partial charge in [-0.15, -0.1) is 0 Å². The molecule has 0 saturated heterocycles. The van der Waals surface area contributed by atoms with Crippen molar-refractivity contribution in [1.82, 2.24) is 14.5 Å². The van der Waals surface area contributed by atoms with Gasteiger partial charge in [0, 0.05) is 12.7 Å². The van der Waals surface area contributed by atoms with Crippen LogP contribution in [0.4, 0.5) is 0 Å². The molecule has 84 valence electrons. The first-order chi connectivity index (χ1) is 7.81. The Morgan fingerprint density at radius 3 is 2.94 bits per heavy atom. The van der Waals surface area contributed by atoms with Gasteiger partial charge in [-0.2, -0.15) is 0 Å². The van der Waals surface area contributed by atoms with E-state index in [0.29, 0.717) is 6.61 Å². The first-order valence-electron chi connectivity index (χ1n) is 5.35. The van der Waals surface area contributed by atoms with Crippen molar-refractivity contribution in [1.29, 1.82) is 0 Å². The third-order valence-corrected chi connectivity index (χ3v) is 2.48. The van der Waals surface area contributed by atoms with Crippen LogP contribution in [0.1, 0.15) is 18.4 Å². The summed E-state index contributed by atoms with van der Waals surface area (Å²) in [4.78, 5) is 8.26. The number of hydrogen-bond donors (Lipinski definition) is 0. The number of aryl methyl sites for hydroxylation is 1. The number of hydrogen-bond acceptors (Lipinski definition) is 3. The second-order valence-corrected chi connectivity index (χ2v) is 3.52. The van der Waals surface area contributed by atoms with E-state index in [9.17, 15) is 0 Å². The highest BCUT2D eigenvalue weighted by Crippen LogP contribution is 2.11. The SMILES string of the molecule is CCn1c(COc2cccnc2)cnc1C. The predicted molar refractivity (Wildman–Crippen MR) is 61.2 cm³/mol. The minimum absolute atomic E-state index is 0.528. The molecule has 0 aliphatic heterocycles. The van der Waals surface area contributed by atoms with Gasteiger partial charge >= 0.3 is 0 Å². The van der Waals surface area contributed by atoms with Crippen molar-refractivity contribution in [3.63, 3.8) is 0 Å². The maximum Gasteiger partial charge on any atom is 0.138 e. The van der Waals surface area contributed by atoms with Crippen LogP contribution in [0.15, 0.2) is 30.7 Å². The summed E-state index contributed by atoms with van der Waals surface area (Å²) in [5.41, 5.74) is 1.09. The highest BCUT2D eigenvalue weighted by atomic mass is 16.5. The number of pyridine rings is 1. The molecule has 4 heteroatoms. The molecule has 0 N–H and O–H groups in total. The van der Waals surface area contributed by atoms with Crippen molar-refractivity contribution in [2.45, 2.75) is 27.0 Å². The molecule has 0 amide bonds. The monoisotopic (exact) mass is 217 g/mol. The van der Waals surface area contributed by atoms with Crippen LogP contribution >= 0.6 is 0 Å². The largest absolute Gasteiger partial charge is 0.486 e. The second kappa shape index (κ2) is 4.79. The molecule has 0 aromatic carbocycles. The molecule has 0 aliphatic carbocycles. The molecule has 2 aromatic heterocycles. The van der Waals surface area contributed by atoms with Crippen LogP contribution in [-0.2, 0) is 13.2 Å². The number of imidazole rings is 1. The summed E-state index contributed by atoms with van der Waals surface area (Å²) in [7, 11) is 0. The Kier molecular flexibility index (Phi) is 3.19. The van der Waals surface area contributed by atoms with Gasteiger partial charge in [0.2, 0.25) is 0 Å². The standard InChI is InChI=1S/C12H15N3O/c1-3-15-10(2)14-7-11(15)9-16-12-5-4-6-13-8-12/h4-8H,3,9H2,1-2H3. The third kappa shape index (κ3) is 2.21. The summed E-state index contributed by atoms with van der Waals surface area (Å²) in [5.74, 6) is 1.80. The molecule has 16 heavy (non-hydrogen) atoms. The highest BCUT2D eigenvalue weighted by molar-refractivity contribution is 5.16. The quantitative estimate of drug-likeness (QED) is 0.788. The molecule has 0 atom stereocenters. The Labute approximate surface area is 94.9 Å². The average Bonchev–Trinajstić information content (AvgIpc) is 2.68. The lowest BCUT2D eigenvalue weighted by atomic mass is 10.4. The third-order valence-electron chi connectivity index (χ3n) is 2.48. The molecule has 4 nitrogen and oxygen atoms in total. The van der Waals surface area contributed by atoms with E-state index >= 15 is 0 Å². The predicted octanol–water partition coefficient (Wildman–Crippen LogP) is 2.19.